The summed E-state index contributed by atoms with van der Waals surface area (Å²) in [7, 11) is 0. The Morgan fingerprint density at radius 1 is 1.30 bits per heavy atom. The zero-order valence-electron chi connectivity index (χ0n) is 11.1. The minimum Gasteiger partial charge on any atom is -0.480 e. The largest absolute Gasteiger partial charge is 0.480 e. The molecule has 3 N–H and O–H groups in total. The monoisotopic (exact) mass is 338 g/mol. The summed E-state index contributed by atoms with van der Waals surface area (Å²) in [4.78, 5) is 26.3. The smallest absolute Gasteiger partial charge is 0.326 e. The number of H-pyrrole nitrogens is 1. The number of halogens is 1. The molecule has 5 nitrogen and oxygen atoms in total. The van der Waals surface area contributed by atoms with Gasteiger partial charge in [0.05, 0.1) is 4.47 Å². The van der Waals surface area contributed by atoms with E-state index in [1.54, 1.807) is 13.8 Å². The summed E-state index contributed by atoms with van der Waals surface area (Å²) >= 11 is 3.38. The van der Waals surface area contributed by atoms with Crippen molar-refractivity contribution in [2.24, 2.45) is 5.92 Å². The molecule has 2 aromatic rings. The Hall–Kier alpha value is -1.82. The molecular weight excluding hydrogens is 324 g/mol. The number of fused-ring (bicyclic) bond motifs is 1. The van der Waals surface area contributed by atoms with Gasteiger partial charge < -0.3 is 15.4 Å². The number of para-hydroxylation sites is 1. The summed E-state index contributed by atoms with van der Waals surface area (Å²) in [5.74, 6) is -1.67. The second-order valence-corrected chi connectivity index (χ2v) is 5.69. The molecule has 0 spiro atoms. The van der Waals surface area contributed by atoms with Gasteiger partial charge in [-0.05, 0) is 27.9 Å². The van der Waals surface area contributed by atoms with Crippen molar-refractivity contribution < 1.29 is 14.7 Å². The number of hydrogen-bond acceptors (Lipinski definition) is 2. The van der Waals surface area contributed by atoms with Crippen LogP contribution in [0.4, 0.5) is 0 Å². The number of nitrogens with one attached hydrogen (secondary N) is 2. The molecule has 1 aromatic carbocycles. The molecule has 2 rings (SSSR count). The van der Waals surface area contributed by atoms with Gasteiger partial charge >= 0.3 is 5.97 Å². The van der Waals surface area contributed by atoms with E-state index in [0.717, 1.165) is 10.9 Å². The second-order valence-electron chi connectivity index (χ2n) is 4.89. The van der Waals surface area contributed by atoms with Crippen molar-refractivity contribution in [3.63, 3.8) is 0 Å². The molecule has 0 bridgehead atoms. The van der Waals surface area contributed by atoms with Crippen LogP contribution in [-0.4, -0.2) is 28.0 Å². The van der Waals surface area contributed by atoms with Crippen LogP contribution in [0.2, 0.25) is 0 Å². The first-order valence-electron chi connectivity index (χ1n) is 6.21. The lowest BCUT2D eigenvalue weighted by Crippen LogP contribution is -2.44. The lowest BCUT2D eigenvalue weighted by atomic mass is 10.0. The van der Waals surface area contributed by atoms with Crippen molar-refractivity contribution in [3.8, 4) is 0 Å². The number of carboxylic acids is 1. The van der Waals surface area contributed by atoms with E-state index in [1.165, 1.54) is 0 Å². The van der Waals surface area contributed by atoms with Crippen molar-refractivity contribution in [1.29, 1.82) is 0 Å². The van der Waals surface area contributed by atoms with E-state index in [-0.39, 0.29) is 5.92 Å². The van der Waals surface area contributed by atoms with E-state index in [4.69, 9.17) is 5.11 Å². The lowest BCUT2D eigenvalue weighted by molar-refractivity contribution is -0.140. The van der Waals surface area contributed by atoms with Crippen molar-refractivity contribution in [3.05, 3.63) is 34.4 Å². The van der Waals surface area contributed by atoms with E-state index in [1.807, 2.05) is 24.3 Å². The average Bonchev–Trinajstić information content (AvgIpc) is 2.73. The Labute approximate surface area is 124 Å². The zero-order chi connectivity index (χ0) is 14.9. The number of benzene rings is 1. The topological polar surface area (TPSA) is 82.2 Å². The summed E-state index contributed by atoms with van der Waals surface area (Å²) < 4.78 is 0.637. The third-order valence-electron chi connectivity index (χ3n) is 3.09. The quantitative estimate of drug-likeness (QED) is 0.801. The van der Waals surface area contributed by atoms with Crippen molar-refractivity contribution in [2.75, 3.05) is 0 Å². The Morgan fingerprint density at radius 3 is 2.50 bits per heavy atom. The summed E-state index contributed by atoms with van der Waals surface area (Å²) in [5.41, 5.74) is 1.15. The van der Waals surface area contributed by atoms with Gasteiger partial charge in [0.1, 0.15) is 11.7 Å². The molecule has 0 radical (unpaired) electrons. The van der Waals surface area contributed by atoms with E-state index in [2.05, 4.69) is 26.2 Å². The van der Waals surface area contributed by atoms with Gasteiger partial charge in [-0.1, -0.05) is 32.0 Å². The van der Waals surface area contributed by atoms with E-state index in [0.29, 0.717) is 10.2 Å². The molecule has 1 amide bonds. The summed E-state index contributed by atoms with van der Waals surface area (Å²) in [5, 5.41) is 12.5. The molecule has 106 valence electrons. The first-order chi connectivity index (χ1) is 9.41. The normalized spacial score (nSPS) is 12.6. The Bertz CT molecular complexity index is 663. The molecule has 1 atom stereocenters. The first kappa shape index (κ1) is 14.6. The Kier molecular flexibility index (Phi) is 4.13. The van der Waals surface area contributed by atoms with Crippen LogP contribution in [0.1, 0.15) is 24.3 Å². The van der Waals surface area contributed by atoms with Crippen LogP contribution in [0, 0.1) is 5.92 Å². The van der Waals surface area contributed by atoms with Gasteiger partial charge in [0.25, 0.3) is 5.91 Å². The van der Waals surface area contributed by atoms with Gasteiger partial charge in [-0.15, -0.1) is 0 Å². The number of aromatic nitrogens is 1. The first-order valence-corrected chi connectivity index (χ1v) is 7.01. The zero-order valence-corrected chi connectivity index (χ0v) is 12.7. The molecule has 0 saturated carbocycles. The van der Waals surface area contributed by atoms with Crippen LogP contribution in [0.5, 0.6) is 0 Å². The summed E-state index contributed by atoms with van der Waals surface area (Å²) in [6.07, 6.45) is 0. The molecule has 1 aromatic heterocycles. The van der Waals surface area contributed by atoms with Gasteiger partial charge in [0.2, 0.25) is 0 Å². The van der Waals surface area contributed by atoms with Crippen molar-refractivity contribution in [1.82, 2.24) is 10.3 Å². The highest BCUT2D eigenvalue weighted by molar-refractivity contribution is 9.10. The van der Waals surface area contributed by atoms with E-state index >= 15 is 0 Å². The predicted octanol–water partition coefficient (Wildman–Crippen LogP) is 2.77. The number of carboxylic acid groups (broad SMARTS) is 1. The highest BCUT2D eigenvalue weighted by atomic mass is 79.9. The van der Waals surface area contributed by atoms with Crippen molar-refractivity contribution >= 4 is 38.7 Å². The fraction of sp³-hybridized carbons (Fsp3) is 0.286. The maximum atomic E-state index is 12.2. The minimum absolute atomic E-state index is 0.195. The van der Waals surface area contributed by atoms with Crippen LogP contribution >= 0.6 is 15.9 Å². The van der Waals surface area contributed by atoms with Crippen molar-refractivity contribution in [2.45, 2.75) is 19.9 Å². The molecular formula is C14H15BrN2O3. The number of aromatic amines is 1. The lowest BCUT2D eigenvalue weighted by Gasteiger charge is -2.17. The third-order valence-corrected chi connectivity index (χ3v) is 3.91. The number of carbonyl (C=O) groups excluding carboxylic acids is 1. The SMILES string of the molecule is CC(C)[C@@H](NC(=O)c1[nH]c2ccccc2c1Br)C(=O)O. The molecule has 6 heteroatoms. The molecule has 0 aliphatic rings. The number of aliphatic carboxylic acids is 1. The maximum absolute atomic E-state index is 12.2. The average molecular weight is 339 g/mol. The highest BCUT2D eigenvalue weighted by Gasteiger charge is 2.25. The molecule has 0 saturated heterocycles. The molecule has 1 heterocycles. The van der Waals surface area contributed by atoms with E-state index in [9.17, 15) is 9.59 Å². The van der Waals surface area contributed by atoms with Gasteiger partial charge in [-0.25, -0.2) is 4.79 Å². The fourth-order valence-corrected chi connectivity index (χ4v) is 2.62. The number of amides is 1. The van der Waals surface area contributed by atoms with Gasteiger partial charge in [-0.2, -0.15) is 0 Å². The molecule has 0 unspecified atom stereocenters. The number of hydrogen-bond donors (Lipinski definition) is 3. The van der Waals surface area contributed by atoms with Gasteiger partial charge in [-0.3, -0.25) is 4.79 Å². The van der Waals surface area contributed by atoms with Crippen LogP contribution in [0.3, 0.4) is 0 Å². The molecule has 0 aliphatic heterocycles. The maximum Gasteiger partial charge on any atom is 0.326 e. The fourth-order valence-electron chi connectivity index (χ4n) is 1.99. The standard InChI is InChI=1S/C14H15BrN2O3/c1-7(2)11(14(19)20)17-13(18)12-10(15)8-5-3-4-6-9(8)16-12/h3-7,11,16H,1-2H3,(H,17,18)(H,19,20)/t11-/m1/s1. The number of carbonyl (C=O) groups is 2. The van der Waals surface area contributed by atoms with Crippen LogP contribution in [0.15, 0.2) is 28.7 Å². The number of rotatable bonds is 4. The minimum atomic E-state index is -1.04. The van der Waals surface area contributed by atoms with Crippen LogP contribution in [-0.2, 0) is 4.79 Å². The van der Waals surface area contributed by atoms with Gasteiger partial charge in [0, 0.05) is 10.9 Å². The van der Waals surface area contributed by atoms with Gasteiger partial charge in [0.15, 0.2) is 0 Å². The predicted molar refractivity (Wildman–Crippen MR) is 79.7 cm³/mol. The molecule has 0 aliphatic carbocycles. The molecule has 0 fully saturated rings. The van der Waals surface area contributed by atoms with E-state index < -0.39 is 17.9 Å². The Balaban J connectivity index is 2.32. The second kappa shape index (κ2) is 5.66. The molecule has 20 heavy (non-hydrogen) atoms. The van der Waals surface area contributed by atoms with Crippen LogP contribution < -0.4 is 5.32 Å². The third kappa shape index (κ3) is 2.70. The highest BCUT2D eigenvalue weighted by Crippen LogP contribution is 2.27. The summed E-state index contributed by atoms with van der Waals surface area (Å²) in [6.45, 7) is 3.50. The van der Waals surface area contributed by atoms with Crippen LogP contribution in [0.25, 0.3) is 10.9 Å². The Morgan fingerprint density at radius 2 is 1.95 bits per heavy atom. The summed E-state index contributed by atoms with van der Waals surface area (Å²) in [6, 6.07) is 6.55.